The number of nitrogens with zero attached hydrogens (tertiary/aromatic N) is 1. The van der Waals surface area contributed by atoms with E-state index in [0.29, 0.717) is 19.0 Å². The summed E-state index contributed by atoms with van der Waals surface area (Å²) in [6, 6.07) is 10.5. The van der Waals surface area contributed by atoms with Crippen molar-refractivity contribution in [3.8, 4) is 5.75 Å². The molecule has 2 aromatic rings. The second-order valence-electron chi connectivity index (χ2n) is 5.57. The molecule has 1 saturated heterocycles. The van der Waals surface area contributed by atoms with Gasteiger partial charge in [0.2, 0.25) is 0 Å². The Labute approximate surface area is 128 Å². The molecular formula is C17H18N2O3. The topological polar surface area (TPSA) is 73.4 Å². The Balaban J connectivity index is 1.67. The number of phenolic OH excluding ortho intramolecular Hbond substituents is 1. The molecule has 0 aliphatic carbocycles. The largest absolute Gasteiger partial charge is 0.508 e. The highest BCUT2D eigenvalue weighted by molar-refractivity contribution is 5.93. The molecule has 5 heteroatoms. The summed E-state index contributed by atoms with van der Waals surface area (Å²) in [5, 5.41) is 9.34. The Morgan fingerprint density at radius 1 is 1.14 bits per heavy atom. The predicted octanol–water partition coefficient (Wildman–Crippen LogP) is 2.10. The lowest BCUT2D eigenvalue weighted by atomic mass is 9.89. The molecule has 0 atom stereocenters. The van der Waals surface area contributed by atoms with Crippen molar-refractivity contribution in [1.82, 2.24) is 9.88 Å². The molecule has 1 aliphatic heterocycles. The smallest absolute Gasteiger partial charge is 0.260 e. The first-order chi connectivity index (χ1) is 10.6. The SMILES string of the molecule is O=C(c1ccc[nH]c1=O)N1CCC(c2ccc(O)cc2)CC1. The van der Waals surface area contributed by atoms with Gasteiger partial charge in [0.25, 0.3) is 11.5 Å². The third-order valence-corrected chi connectivity index (χ3v) is 4.20. The van der Waals surface area contributed by atoms with Gasteiger partial charge in [-0.15, -0.1) is 0 Å². The molecule has 2 heterocycles. The summed E-state index contributed by atoms with van der Waals surface area (Å²) in [4.78, 5) is 28.3. The van der Waals surface area contributed by atoms with E-state index in [0.717, 1.165) is 12.8 Å². The van der Waals surface area contributed by atoms with E-state index in [1.165, 1.54) is 11.8 Å². The van der Waals surface area contributed by atoms with E-state index in [9.17, 15) is 14.7 Å². The van der Waals surface area contributed by atoms with Crippen LogP contribution in [0.1, 0.15) is 34.7 Å². The van der Waals surface area contributed by atoms with E-state index in [2.05, 4.69) is 4.98 Å². The third kappa shape index (κ3) is 2.88. The molecule has 1 fully saturated rings. The zero-order valence-corrected chi connectivity index (χ0v) is 12.2. The maximum Gasteiger partial charge on any atom is 0.260 e. The van der Waals surface area contributed by atoms with Gasteiger partial charge in [0.15, 0.2) is 0 Å². The van der Waals surface area contributed by atoms with Crippen LogP contribution in [0.5, 0.6) is 5.75 Å². The lowest BCUT2D eigenvalue weighted by Crippen LogP contribution is -2.40. The lowest BCUT2D eigenvalue weighted by Gasteiger charge is -2.32. The molecule has 0 radical (unpaired) electrons. The molecule has 0 bridgehead atoms. The minimum Gasteiger partial charge on any atom is -0.508 e. The Morgan fingerprint density at radius 2 is 1.82 bits per heavy atom. The third-order valence-electron chi connectivity index (χ3n) is 4.20. The number of benzene rings is 1. The first-order valence-electron chi connectivity index (χ1n) is 7.41. The van der Waals surface area contributed by atoms with E-state index >= 15 is 0 Å². The highest BCUT2D eigenvalue weighted by Crippen LogP contribution is 2.29. The Bertz CT molecular complexity index is 713. The van der Waals surface area contributed by atoms with E-state index in [1.54, 1.807) is 29.2 Å². The molecule has 1 aromatic carbocycles. The van der Waals surface area contributed by atoms with Gasteiger partial charge in [0.1, 0.15) is 11.3 Å². The fraction of sp³-hybridized carbons (Fsp3) is 0.294. The normalized spacial score (nSPS) is 15.7. The number of H-pyrrole nitrogens is 1. The molecule has 2 N–H and O–H groups in total. The average Bonchev–Trinajstić information content (AvgIpc) is 2.56. The highest BCUT2D eigenvalue weighted by Gasteiger charge is 2.25. The van der Waals surface area contributed by atoms with Gasteiger partial charge in [-0.25, -0.2) is 0 Å². The number of likely N-dealkylation sites (tertiary alicyclic amines) is 1. The van der Waals surface area contributed by atoms with Crippen LogP contribution in [-0.2, 0) is 0 Å². The Kier molecular flexibility index (Phi) is 3.96. The van der Waals surface area contributed by atoms with E-state index in [4.69, 9.17) is 0 Å². The molecule has 1 aromatic heterocycles. The number of carbonyl (C=O) groups excluding carboxylic acids is 1. The second kappa shape index (κ2) is 6.05. The number of rotatable bonds is 2. The monoisotopic (exact) mass is 298 g/mol. The van der Waals surface area contributed by atoms with Crippen molar-refractivity contribution in [3.63, 3.8) is 0 Å². The number of amides is 1. The fourth-order valence-electron chi connectivity index (χ4n) is 2.92. The second-order valence-corrected chi connectivity index (χ2v) is 5.57. The minimum atomic E-state index is -0.340. The number of hydrogen-bond donors (Lipinski definition) is 2. The van der Waals surface area contributed by atoms with Gasteiger partial charge in [-0.05, 0) is 48.6 Å². The van der Waals surface area contributed by atoms with Gasteiger partial charge in [-0.3, -0.25) is 9.59 Å². The van der Waals surface area contributed by atoms with E-state index in [1.807, 2.05) is 12.1 Å². The molecule has 3 rings (SSSR count). The van der Waals surface area contributed by atoms with Gasteiger partial charge in [-0.1, -0.05) is 12.1 Å². The summed E-state index contributed by atoms with van der Waals surface area (Å²) in [6.07, 6.45) is 3.25. The van der Waals surface area contributed by atoms with Gasteiger partial charge >= 0.3 is 0 Å². The first kappa shape index (κ1) is 14.4. The Morgan fingerprint density at radius 3 is 2.45 bits per heavy atom. The van der Waals surface area contributed by atoms with Crippen LogP contribution in [0.2, 0.25) is 0 Å². The molecule has 1 aliphatic rings. The number of carbonyl (C=O) groups is 1. The summed E-state index contributed by atoms with van der Waals surface area (Å²) in [6.45, 7) is 1.28. The molecular weight excluding hydrogens is 280 g/mol. The standard InChI is InChI=1S/C17H18N2O3/c20-14-5-3-12(4-6-14)13-7-10-19(11-8-13)17(22)15-2-1-9-18-16(15)21/h1-6,9,13,20H,7-8,10-11H2,(H,18,21). The molecule has 22 heavy (non-hydrogen) atoms. The number of aromatic amines is 1. The van der Waals surface area contributed by atoms with Crippen LogP contribution in [-0.4, -0.2) is 34.0 Å². The molecule has 114 valence electrons. The summed E-state index contributed by atoms with van der Waals surface area (Å²) in [7, 11) is 0. The van der Waals surface area contributed by atoms with Crippen molar-refractivity contribution in [3.05, 3.63) is 64.1 Å². The molecule has 0 saturated carbocycles. The summed E-state index contributed by atoms with van der Waals surface area (Å²) < 4.78 is 0. The first-order valence-corrected chi connectivity index (χ1v) is 7.41. The number of aromatic nitrogens is 1. The summed E-state index contributed by atoms with van der Waals surface area (Å²) in [5.41, 5.74) is 1.04. The lowest BCUT2D eigenvalue weighted by molar-refractivity contribution is 0.0711. The van der Waals surface area contributed by atoms with Crippen molar-refractivity contribution in [2.45, 2.75) is 18.8 Å². The zero-order chi connectivity index (χ0) is 15.5. The van der Waals surface area contributed by atoms with Gasteiger partial charge in [0.05, 0.1) is 0 Å². The van der Waals surface area contributed by atoms with Crippen LogP contribution in [0.25, 0.3) is 0 Å². The fourth-order valence-corrected chi connectivity index (χ4v) is 2.92. The quantitative estimate of drug-likeness (QED) is 0.891. The minimum absolute atomic E-state index is 0.200. The molecule has 0 unspecified atom stereocenters. The van der Waals surface area contributed by atoms with Gasteiger partial charge in [-0.2, -0.15) is 0 Å². The maximum absolute atomic E-state index is 12.4. The van der Waals surface area contributed by atoms with E-state index < -0.39 is 0 Å². The molecule has 0 spiro atoms. The van der Waals surface area contributed by atoms with Crippen LogP contribution in [0.3, 0.4) is 0 Å². The Hall–Kier alpha value is -2.56. The van der Waals surface area contributed by atoms with Crippen LogP contribution < -0.4 is 5.56 Å². The van der Waals surface area contributed by atoms with Crippen molar-refractivity contribution >= 4 is 5.91 Å². The molecule has 1 amide bonds. The van der Waals surface area contributed by atoms with Gasteiger partial charge < -0.3 is 15.0 Å². The summed E-state index contributed by atoms with van der Waals surface area (Å²) >= 11 is 0. The maximum atomic E-state index is 12.4. The molecule has 5 nitrogen and oxygen atoms in total. The summed E-state index contributed by atoms with van der Waals surface area (Å²) in [5.74, 6) is 0.449. The number of phenols is 1. The highest BCUT2D eigenvalue weighted by atomic mass is 16.3. The van der Waals surface area contributed by atoms with Gasteiger partial charge in [0, 0.05) is 19.3 Å². The van der Waals surface area contributed by atoms with Crippen LogP contribution in [0.4, 0.5) is 0 Å². The van der Waals surface area contributed by atoms with E-state index in [-0.39, 0.29) is 22.8 Å². The van der Waals surface area contributed by atoms with Crippen molar-refractivity contribution in [2.24, 2.45) is 0 Å². The van der Waals surface area contributed by atoms with Crippen molar-refractivity contribution < 1.29 is 9.90 Å². The van der Waals surface area contributed by atoms with Crippen molar-refractivity contribution in [2.75, 3.05) is 13.1 Å². The predicted molar refractivity (Wildman–Crippen MR) is 83.0 cm³/mol. The number of hydrogen-bond acceptors (Lipinski definition) is 3. The number of piperidine rings is 1. The van der Waals surface area contributed by atoms with Crippen LogP contribution in [0.15, 0.2) is 47.4 Å². The average molecular weight is 298 g/mol. The number of aromatic hydroxyl groups is 1. The van der Waals surface area contributed by atoms with Crippen LogP contribution in [0, 0.1) is 0 Å². The number of pyridine rings is 1. The zero-order valence-electron chi connectivity index (χ0n) is 12.2. The van der Waals surface area contributed by atoms with Crippen LogP contribution >= 0.6 is 0 Å². The van der Waals surface area contributed by atoms with Crippen molar-refractivity contribution in [1.29, 1.82) is 0 Å². The number of nitrogens with one attached hydrogen (secondary N) is 1.